The lowest BCUT2D eigenvalue weighted by Crippen LogP contribution is -2.22. The summed E-state index contributed by atoms with van der Waals surface area (Å²) in [6.45, 7) is 4.60. The summed E-state index contributed by atoms with van der Waals surface area (Å²) in [5.74, 6) is 0.970. The first kappa shape index (κ1) is 11.0. The molecule has 78 valence electrons. The lowest BCUT2D eigenvalue weighted by molar-refractivity contribution is 0.405. The first-order valence-corrected chi connectivity index (χ1v) is 6.14. The maximum atomic E-state index is 3.49. The van der Waals surface area contributed by atoms with Gasteiger partial charge in [0.1, 0.15) is 0 Å². The highest BCUT2D eigenvalue weighted by Gasteiger charge is 2.09. The van der Waals surface area contributed by atoms with Crippen molar-refractivity contribution in [2.75, 3.05) is 13.1 Å². The molecular formula is C12H25N. The first-order valence-electron chi connectivity index (χ1n) is 6.14. The van der Waals surface area contributed by atoms with Gasteiger partial charge < -0.3 is 5.32 Å². The fourth-order valence-corrected chi connectivity index (χ4v) is 2.27. The van der Waals surface area contributed by atoms with Crippen LogP contribution in [-0.4, -0.2) is 13.1 Å². The van der Waals surface area contributed by atoms with Gasteiger partial charge in [-0.15, -0.1) is 0 Å². The van der Waals surface area contributed by atoms with Gasteiger partial charge in [0, 0.05) is 0 Å². The van der Waals surface area contributed by atoms with E-state index in [4.69, 9.17) is 0 Å². The Labute approximate surface area is 83.3 Å². The van der Waals surface area contributed by atoms with Gasteiger partial charge in [-0.1, -0.05) is 45.4 Å². The molecule has 0 radical (unpaired) electrons. The lowest BCUT2D eigenvalue weighted by Gasteiger charge is -2.15. The van der Waals surface area contributed by atoms with Crippen LogP contribution in [0, 0.1) is 5.92 Å². The van der Waals surface area contributed by atoms with Crippen molar-refractivity contribution in [3.05, 3.63) is 0 Å². The fraction of sp³-hybridized carbons (Fsp3) is 1.00. The molecule has 0 aromatic carbocycles. The van der Waals surface area contributed by atoms with Gasteiger partial charge in [-0.2, -0.15) is 0 Å². The monoisotopic (exact) mass is 183 g/mol. The average Bonchev–Trinajstić information content (AvgIpc) is 2.28. The van der Waals surface area contributed by atoms with E-state index in [-0.39, 0.29) is 0 Å². The second-order valence-electron chi connectivity index (χ2n) is 4.37. The Bertz CT molecular complexity index is 102. The quantitative estimate of drug-likeness (QED) is 0.707. The van der Waals surface area contributed by atoms with Crippen LogP contribution in [0.2, 0.25) is 0 Å². The van der Waals surface area contributed by atoms with E-state index in [9.17, 15) is 0 Å². The summed E-state index contributed by atoms with van der Waals surface area (Å²) < 4.78 is 0. The first-order chi connectivity index (χ1) is 6.43. The van der Waals surface area contributed by atoms with Crippen LogP contribution in [-0.2, 0) is 0 Å². The van der Waals surface area contributed by atoms with E-state index in [1.165, 1.54) is 57.9 Å². The number of hydrogen-bond donors (Lipinski definition) is 1. The summed E-state index contributed by atoms with van der Waals surface area (Å²) >= 11 is 0. The fourth-order valence-electron chi connectivity index (χ4n) is 2.27. The second-order valence-corrected chi connectivity index (χ2v) is 4.37. The van der Waals surface area contributed by atoms with Crippen molar-refractivity contribution in [1.29, 1.82) is 0 Å². The predicted molar refractivity (Wildman–Crippen MR) is 59.0 cm³/mol. The van der Waals surface area contributed by atoms with E-state index in [1.807, 2.05) is 0 Å². The molecule has 0 amide bonds. The van der Waals surface area contributed by atoms with Gasteiger partial charge in [-0.25, -0.2) is 0 Å². The molecule has 1 fully saturated rings. The number of rotatable bonds is 3. The number of hydrogen-bond acceptors (Lipinski definition) is 1. The van der Waals surface area contributed by atoms with Gasteiger partial charge in [-0.3, -0.25) is 0 Å². The van der Waals surface area contributed by atoms with Crippen LogP contribution >= 0.6 is 0 Å². The van der Waals surface area contributed by atoms with Crippen LogP contribution in [0.5, 0.6) is 0 Å². The molecule has 0 bridgehead atoms. The van der Waals surface area contributed by atoms with Crippen molar-refractivity contribution < 1.29 is 0 Å². The van der Waals surface area contributed by atoms with Crippen molar-refractivity contribution in [3.63, 3.8) is 0 Å². The molecule has 0 spiro atoms. The second kappa shape index (κ2) is 7.37. The minimum atomic E-state index is 0.970. The van der Waals surface area contributed by atoms with Gasteiger partial charge in [0.05, 0.1) is 0 Å². The molecular weight excluding hydrogens is 158 g/mol. The van der Waals surface area contributed by atoms with Crippen LogP contribution in [0.15, 0.2) is 0 Å². The summed E-state index contributed by atoms with van der Waals surface area (Å²) in [5.41, 5.74) is 0. The van der Waals surface area contributed by atoms with E-state index in [0.717, 1.165) is 12.5 Å². The highest BCUT2D eigenvalue weighted by atomic mass is 14.8. The van der Waals surface area contributed by atoms with Crippen LogP contribution in [0.4, 0.5) is 0 Å². The largest absolute Gasteiger partial charge is 0.317 e. The minimum absolute atomic E-state index is 0.970. The smallest absolute Gasteiger partial charge is 0.00206 e. The standard InChI is InChI=1S/C12H25N/c1-2-13-11-12-9-7-5-3-4-6-8-10-12/h12-13H,2-11H2,1H3. The van der Waals surface area contributed by atoms with Crippen LogP contribution < -0.4 is 5.32 Å². The minimum Gasteiger partial charge on any atom is -0.317 e. The van der Waals surface area contributed by atoms with Crippen LogP contribution in [0.25, 0.3) is 0 Å². The van der Waals surface area contributed by atoms with Gasteiger partial charge in [0.25, 0.3) is 0 Å². The molecule has 0 unspecified atom stereocenters. The van der Waals surface area contributed by atoms with Crippen molar-refractivity contribution >= 4 is 0 Å². The molecule has 0 aliphatic heterocycles. The third kappa shape index (κ3) is 5.30. The molecule has 13 heavy (non-hydrogen) atoms. The van der Waals surface area contributed by atoms with Gasteiger partial charge in [-0.05, 0) is 31.8 Å². The van der Waals surface area contributed by atoms with Crippen molar-refractivity contribution in [1.82, 2.24) is 5.32 Å². The maximum absolute atomic E-state index is 3.49. The van der Waals surface area contributed by atoms with Gasteiger partial charge >= 0.3 is 0 Å². The Balaban J connectivity index is 2.16. The summed E-state index contributed by atoms with van der Waals surface area (Å²) in [6, 6.07) is 0. The van der Waals surface area contributed by atoms with Crippen molar-refractivity contribution in [2.24, 2.45) is 5.92 Å². The highest BCUT2D eigenvalue weighted by molar-refractivity contribution is 4.65. The Morgan fingerprint density at radius 3 is 2.00 bits per heavy atom. The average molecular weight is 183 g/mol. The topological polar surface area (TPSA) is 12.0 Å². The van der Waals surface area contributed by atoms with Crippen molar-refractivity contribution in [2.45, 2.75) is 58.3 Å². The molecule has 0 aromatic rings. The SMILES string of the molecule is CCNCC1CCCCCCCC1. The van der Waals surface area contributed by atoms with E-state index in [0.29, 0.717) is 0 Å². The van der Waals surface area contributed by atoms with Gasteiger partial charge in [0.2, 0.25) is 0 Å². The molecule has 0 saturated heterocycles. The molecule has 1 saturated carbocycles. The summed E-state index contributed by atoms with van der Waals surface area (Å²) in [5, 5.41) is 3.49. The third-order valence-corrected chi connectivity index (χ3v) is 3.16. The normalized spacial score (nSPS) is 21.9. The summed E-state index contributed by atoms with van der Waals surface area (Å²) in [6.07, 6.45) is 11.8. The number of nitrogens with one attached hydrogen (secondary N) is 1. The molecule has 1 rings (SSSR count). The maximum Gasteiger partial charge on any atom is -0.00206 e. The van der Waals surface area contributed by atoms with Crippen molar-refractivity contribution in [3.8, 4) is 0 Å². The van der Waals surface area contributed by atoms with Crippen LogP contribution in [0.3, 0.4) is 0 Å². The van der Waals surface area contributed by atoms with Crippen LogP contribution in [0.1, 0.15) is 58.3 Å². The lowest BCUT2D eigenvalue weighted by atomic mass is 9.97. The Morgan fingerprint density at radius 1 is 0.923 bits per heavy atom. The highest BCUT2D eigenvalue weighted by Crippen LogP contribution is 2.20. The predicted octanol–water partition coefficient (Wildman–Crippen LogP) is 3.35. The van der Waals surface area contributed by atoms with E-state index >= 15 is 0 Å². The Morgan fingerprint density at radius 2 is 1.46 bits per heavy atom. The van der Waals surface area contributed by atoms with Gasteiger partial charge in [0.15, 0.2) is 0 Å². The molecule has 0 aromatic heterocycles. The van der Waals surface area contributed by atoms with E-state index in [1.54, 1.807) is 0 Å². The zero-order valence-electron chi connectivity index (χ0n) is 9.15. The Kier molecular flexibility index (Phi) is 6.26. The Hall–Kier alpha value is -0.0400. The summed E-state index contributed by atoms with van der Waals surface area (Å²) in [7, 11) is 0. The van der Waals surface area contributed by atoms with E-state index in [2.05, 4.69) is 12.2 Å². The summed E-state index contributed by atoms with van der Waals surface area (Å²) in [4.78, 5) is 0. The third-order valence-electron chi connectivity index (χ3n) is 3.16. The zero-order valence-corrected chi connectivity index (χ0v) is 9.15. The van der Waals surface area contributed by atoms with E-state index < -0.39 is 0 Å². The molecule has 0 atom stereocenters. The molecule has 1 N–H and O–H groups in total. The molecule has 1 aliphatic carbocycles. The molecule has 0 heterocycles. The molecule has 1 nitrogen and oxygen atoms in total. The molecule has 1 heteroatoms. The molecule has 1 aliphatic rings. The zero-order chi connectivity index (χ0) is 9.36.